The first-order valence-corrected chi connectivity index (χ1v) is 9.46. The van der Waals surface area contributed by atoms with Crippen LogP contribution in [0.25, 0.3) is 0 Å². The number of hydrogen-bond donors (Lipinski definition) is 2. The van der Waals surface area contributed by atoms with E-state index in [0.717, 1.165) is 24.3 Å². The van der Waals surface area contributed by atoms with Crippen LogP contribution < -0.4 is 25.3 Å². The third-order valence-electron chi connectivity index (χ3n) is 5.65. The zero-order valence-corrected chi connectivity index (χ0v) is 16.6. The Morgan fingerprint density at radius 2 is 2.03 bits per heavy atom. The minimum Gasteiger partial charge on any atom is -0.488 e. The van der Waals surface area contributed by atoms with E-state index in [0.29, 0.717) is 22.7 Å². The van der Waals surface area contributed by atoms with E-state index in [4.69, 9.17) is 4.74 Å². The van der Waals surface area contributed by atoms with E-state index in [-0.39, 0.29) is 6.61 Å². The summed E-state index contributed by atoms with van der Waals surface area (Å²) in [6.07, 6.45) is -6.15. The average molecular weight is 429 g/mol. The molecule has 1 aromatic rings. The molecule has 0 radical (unpaired) electrons. The molecule has 9 nitrogen and oxygen atoms in total. The van der Waals surface area contributed by atoms with Crippen LogP contribution in [0.1, 0.15) is 12.5 Å². The van der Waals surface area contributed by atoms with Crippen LogP contribution in [0.5, 0.6) is 5.75 Å². The first kappa shape index (κ1) is 20.5. The third kappa shape index (κ3) is 3.39. The maximum absolute atomic E-state index is 12.7. The van der Waals surface area contributed by atoms with Gasteiger partial charge in [0, 0.05) is 25.8 Å². The van der Waals surface area contributed by atoms with Crippen molar-refractivity contribution in [2.24, 2.45) is 0 Å². The second-order valence-corrected chi connectivity index (χ2v) is 7.58. The Labute approximate surface area is 170 Å². The van der Waals surface area contributed by atoms with Crippen molar-refractivity contribution in [2.45, 2.75) is 38.3 Å². The Kier molecular flexibility index (Phi) is 4.93. The number of anilines is 2. The number of fused-ring (bicyclic) bond motifs is 3. The molecule has 3 heterocycles. The van der Waals surface area contributed by atoms with Crippen molar-refractivity contribution in [3.8, 4) is 5.75 Å². The van der Waals surface area contributed by atoms with Crippen LogP contribution in [-0.4, -0.2) is 68.2 Å². The molecule has 1 amide bonds. The number of nitrogens with zero attached hydrogens (tertiary/aromatic N) is 3. The number of likely N-dealkylation sites (N-methyl/N-ethyl adjacent to an activating group) is 1. The second kappa shape index (κ2) is 7.20. The quantitative estimate of drug-likeness (QED) is 0.726. The molecule has 0 aliphatic carbocycles. The number of nitrogens with one attached hydrogen (secondary N) is 2. The molecule has 3 aliphatic heterocycles. The summed E-state index contributed by atoms with van der Waals surface area (Å²) in [4.78, 5) is 31.9. The minimum absolute atomic E-state index is 0.107. The number of hydroxylamine groups is 1. The summed E-state index contributed by atoms with van der Waals surface area (Å²) < 4.78 is 43.8. The van der Waals surface area contributed by atoms with Crippen molar-refractivity contribution >= 4 is 23.3 Å². The molecule has 2 atom stereocenters. The molecule has 2 N–H and O–H groups in total. The van der Waals surface area contributed by atoms with E-state index in [1.165, 1.54) is 0 Å². The van der Waals surface area contributed by atoms with Crippen LogP contribution in [0.3, 0.4) is 0 Å². The third-order valence-corrected chi connectivity index (χ3v) is 5.65. The number of rotatable bonds is 3. The van der Waals surface area contributed by atoms with E-state index < -0.39 is 30.3 Å². The van der Waals surface area contributed by atoms with Gasteiger partial charge in [-0.3, -0.25) is 10.2 Å². The molecule has 0 spiro atoms. The molecule has 0 saturated carbocycles. The molecule has 1 aromatic carbocycles. The van der Waals surface area contributed by atoms with Gasteiger partial charge in [-0.2, -0.15) is 13.2 Å². The Bertz CT molecular complexity index is 876. The lowest BCUT2D eigenvalue weighted by atomic mass is 10.0. The maximum Gasteiger partial charge on any atom is 0.492 e. The van der Waals surface area contributed by atoms with Crippen LogP contribution in [0, 0.1) is 6.92 Å². The summed E-state index contributed by atoms with van der Waals surface area (Å²) in [6, 6.07) is 3.29. The van der Waals surface area contributed by atoms with Crippen LogP contribution in [0.2, 0.25) is 0 Å². The van der Waals surface area contributed by atoms with Gasteiger partial charge < -0.3 is 24.7 Å². The van der Waals surface area contributed by atoms with E-state index >= 15 is 0 Å². The van der Waals surface area contributed by atoms with Gasteiger partial charge in [0.05, 0.1) is 11.7 Å². The topological polar surface area (TPSA) is 86.4 Å². The number of hydrogen-bond acceptors (Lipinski definition) is 8. The van der Waals surface area contributed by atoms with Gasteiger partial charge >= 0.3 is 12.1 Å². The number of carbonyl (C=O) groups excluding carboxylic acids is 2. The lowest BCUT2D eigenvalue weighted by Gasteiger charge is -2.48. The summed E-state index contributed by atoms with van der Waals surface area (Å²) in [5, 5.41) is 3.73. The van der Waals surface area contributed by atoms with E-state index in [1.807, 2.05) is 26.1 Å². The maximum atomic E-state index is 12.7. The normalized spacial score (nSPS) is 24.2. The van der Waals surface area contributed by atoms with Gasteiger partial charge in [-0.15, -0.1) is 0 Å². The van der Waals surface area contributed by atoms with Gasteiger partial charge in [0.2, 0.25) is 0 Å². The highest BCUT2D eigenvalue weighted by atomic mass is 19.4. The zero-order valence-electron chi connectivity index (χ0n) is 16.6. The van der Waals surface area contributed by atoms with Gasteiger partial charge in [-0.25, -0.2) is 4.79 Å². The van der Waals surface area contributed by atoms with Crippen molar-refractivity contribution in [1.82, 2.24) is 15.9 Å². The van der Waals surface area contributed by atoms with Crippen molar-refractivity contribution in [1.29, 1.82) is 0 Å². The second-order valence-electron chi connectivity index (χ2n) is 7.58. The van der Waals surface area contributed by atoms with E-state index in [2.05, 4.69) is 20.5 Å². The van der Waals surface area contributed by atoms with Crippen LogP contribution >= 0.6 is 0 Å². The van der Waals surface area contributed by atoms with Crippen LogP contribution in [0.4, 0.5) is 24.5 Å². The van der Waals surface area contributed by atoms with Gasteiger partial charge in [0.1, 0.15) is 18.4 Å². The first-order valence-electron chi connectivity index (χ1n) is 9.46. The summed E-state index contributed by atoms with van der Waals surface area (Å²) in [7, 11) is 1.96. The van der Waals surface area contributed by atoms with E-state index in [9.17, 15) is 22.8 Å². The largest absolute Gasteiger partial charge is 0.492 e. The van der Waals surface area contributed by atoms with E-state index in [1.54, 1.807) is 11.8 Å². The van der Waals surface area contributed by atoms with Crippen molar-refractivity contribution in [3.05, 3.63) is 17.7 Å². The number of carbonyl (C=O) groups is 2. The fraction of sp³-hybridized carbons (Fsp3) is 0.556. The summed E-state index contributed by atoms with van der Waals surface area (Å²) in [6.45, 7) is 5.15. The first-order chi connectivity index (χ1) is 14.1. The molecular formula is C18H22F3N5O4. The fourth-order valence-electron chi connectivity index (χ4n) is 3.78. The van der Waals surface area contributed by atoms with Gasteiger partial charge in [0.15, 0.2) is 6.17 Å². The molecule has 12 heteroatoms. The molecule has 0 aromatic heterocycles. The molecular weight excluding hydrogens is 407 g/mol. The molecule has 0 bridgehead atoms. The smallest absolute Gasteiger partial charge is 0.488 e. The predicted molar refractivity (Wildman–Crippen MR) is 99.6 cm³/mol. The van der Waals surface area contributed by atoms with Crippen molar-refractivity contribution < 1.29 is 32.3 Å². The standard InChI is InChI=1S/C18H22F3N5O4/c1-9-4-14-13(5-12(9)24(3)11-6-22-7-11)25-10(2)16(27)23-26(15(25)8-29-14)30-17(28)18(19,20)21/h4-5,10-11,15,22H,6-8H2,1-3H3,(H,23,27). The Hall–Kier alpha value is -2.73. The van der Waals surface area contributed by atoms with Gasteiger partial charge in [0.25, 0.3) is 5.91 Å². The lowest BCUT2D eigenvalue weighted by molar-refractivity contribution is -0.265. The Morgan fingerprint density at radius 3 is 2.63 bits per heavy atom. The number of benzene rings is 1. The molecule has 3 aliphatic rings. The number of hydrazine groups is 1. The molecule has 2 saturated heterocycles. The predicted octanol–water partition coefficient (Wildman–Crippen LogP) is 0.684. The summed E-state index contributed by atoms with van der Waals surface area (Å²) >= 11 is 0. The SMILES string of the molecule is Cc1cc2c(cc1N(C)C1CNC1)N1C(C)C(=O)NN(OC(=O)C(F)(F)F)C1CO2. The monoisotopic (exact) mass is 429 g/mol. The minimum atomic E-state index is -5.20. The summed E-state index contributed by atoms with van der Waals surface area (Å²) in [5.74, 6) is -2.52. The van der Waals surface area contributed by atoms with Crippen molar-refractivity contribution in [2.75, 3.05) is 36.5 Å². The molecule has 4 rings (SSSR count). The van der Waals surface area contributed by atoms with Gasteiger partial charge in [-0.05, 0) is 36.7 Å². The summed E-state index contributed by atoms with van der Waals surface area (Å²) in [5.41, 5.74) is 4.63. The number of amides is 1. The number of alkyl halides is 3. The molecule has 164 valence electrons. The van der Waals surface area contributed by atoms with Crippen LogP contribution in [0.15, 0.2) is 12.1 Å². The lowest BCUT2D eigenvalue weighted by Crippen LogP contribution is -2.70. The Morgan fingerprint density at radius 1 is 1.33 bits per heavy atom. The number of halogens is 3. The highest BCUT2D eigenvalue weighted by Gasteiger charge is 2.49. The van der Waals surface area contributed by atoms with Crippen molar-refractivity contribution in [3.63, 3.8) is 0 Å². The number of aryl methyl sites for hydroxylation is 1. The number of ether oxygens (including phenoxy) is 1. The molecule has 2 fully saturated rings. The molecule has 2 unspecified atom stereocenters. The fourth-order valence-corrected chi connectivity index (χ4v) is 3.78. The highest BCUT2D eigenvalue weighted by Crippen LogP contribution is 2.42. The Balaban J connectivity index is 1.68. The van der Waals surface area contributed by atoms with Gasteiger partial charge in [-0.1, -0.05) is 0 Å². The van der Waals surface area contributed by atoms with Crippen LogP contribution in [-0.2, 0) is 14.4 Å². The highest BCUT2D eigenvalue weighted by molar-refractivity contribution is 5.88. The molecule has 30 heavy (non-hydrogen) atoms. The average Bonchev–Trinajstić information content (AvgIpc) is 2.62. The zero-order chi connectivity index (χ0) is 21.8.